The Morgan fingerprint density at radius 1 is 1.58 bits per heavy atom. The summed E-state index contributed by atoms with van der Waals surface area (Å²) in [6.45, 7) is 4.55. The topological polar surface area (TPSA) is 74.6 Å². The highest BCUT2D eigenvalue weighted by Crippen LogP contribution is 2.15. The van der Waals surface area contributed by atoms with Crippen molar-refractivity contribution in [2.24, 2.45) is 5.92 Å². The van der Waals surface area contributed by atoms with Crippen molar-refractivity contribution < 1.29 is 18.8 Å². The van der Waals surface area contributed by atoms with E-state index in [1.807, 2.05) is 19.1 Å². The zero-order valence-electron chi connectivity index (χ0n) is 13.6. The van der Waals surface area contributed by atoms with Gasteiger partial charge >= 0.3 is 5.97 Å². The molecule has 0 amide bonds. The lowest BCUT2D eigenvalue weighted by atomic mass is 9.99. The molecule has 1 N–H and O–H groups in total. The molecule has 0 aromatic carbocycles. The first kappa shape index (κ1) is 16.8. The lowest BCUT2D eigenvalue weighted by Gasteiger charge is -2.28. The molecular formula is C16H21N4O3S+. The molecule has 8 heteroatoms. The second-order valence-electron chi connectivity index (χ2n) is 5.87. The fourth-order valence-corrected chi connectivity index (χ4v) is 3.16. The van der Waals surface area contributed by atoms with E-state index in [0.29, 0.717) is 24.0 Å². The van der Waals surface area contributed by atoms with Gasteiger partial charge in [0, 0.05) is 12.4 Å². The van der Waals surface area contributed by atoms with Crippen LogP contribution < -0.4 is 4.90 Å². The predicted molar refractivity (Wildman–Crippen MR) is 88.6 cm³/mol. The number of quaternary nitrogens is 1. The maximum Gasteiger partial charge on any atom is 0.314 e. The van der Waals surface area contributed by atoms with Crippen LogP contribution in [-0.2, 0) is 16.2 Å². The lowest BCUT2D eigenvalue weighted by Crippen LogP contribution is -3.13. The summed E-state index contributed by atoms with van der Waals surface area (Å²) in [6.07, 6.45) is 5.25. The SMILES string of the molecule is CCOC(=O)[C@H]1CCC[NH+](Cn2nc(-c3cccnc3)oc2=S)C1. The number of piperidine rings is 1. The number of ether oxygens (including phenoxy) is 1. The Morgan fingerprint density at radius 2 is 2.46 bits per heavy atom. The van der Waals surface area contributed by atoms with Gasteiger partial charge in [0.2, 0.25) is 5.89 Å². The molecular weight excluding hydrogens is 328 g/mol. The number of carbonyl (C=O) groups excluding carboxylic acids is 1. The first-order chi connectivity index (χ1) is 11.7. The van der Waals surface area contributed by atoms with Gasteiger partial charge in [-0.05, 0) is 44.1 Å². The van der Waals surface area contributed by atoms with Crippen molar-refractivity contribution in [2.45, 2.75) is 26.4 Å². The number of rotatable bonds is 5. The van der Waals surface area contributed by atoms with Crippen molar-refractivity contribution in [1.29, 1.82) is 0 Å². The van der Waals surface area contributed by atoms with E-state index in [-0.39, 0.29) is 11.9 Å². The fourth-order valence-electron chi connectivity index (χ4n) is 2.98. The Hall–Kier alpha value is -2.06. The third-order valence-corrected chi connectivity index (χ3v) is 4.42. The van der Waals surface area contributed by atoms with E-state index in [4.69, 9.17) is 21.4 Å². The molecule has 3 heterocycles. The molecule has 1 fully saturated rings. The highest BCUT2D eigenvalue weighted by atomic mass is 32.1. The molecule has 0 aliphatic carbocycles. The lowest BCUT2D eigenvalue weighted by molar-refractivity contribution is -0.930. The number of aromatic nitrogens is 3. The number of nitrogens with one attached hydrogen (secondary N) is 1. The molecule has 2 atom stereocenters. The number of pyridine rings is 1. The molecule has 2 aromatic heterocycles. The highest BCUT2D eigenvalue weighted by molar-refractivity contribution is 7.71. The van der Waals surface area contributed by atoms with Gasteiger partial charge in [-0.1, -0.05) is 0 Å². The molecule has 1 saturated heterocycles. The minimum atomic E-state index is -0.102. The van der Waals surface area contributed by atoms with Gasteiger partial charge in [0.1, 0.15) is 5.92 Å². The molecule has 0 radical (unpaired) electrons. The molecule has 0 spiro atoms. The summed E-state index contributed by atoms with van der Waals surface area (Å²) in [5.74, 6) is 0.313. The largest absolute Gasteiger partial charge is 0.466 e. The number of nitrogens with zero attached hydrogens (tertiary/aromatic N) is 3. The van der Waals surface area contributed by atoms with Gasteiger partial charge in [0.05, 0.1) is 25.3 Å². The highest BCUT2D eigenvalue weighted by Gasteiger charge is 2.30. The normalized spacial score (nSPS) is 20.7. The Labute approximate surface area is 145 Å². The quantitative estimate of drug-likeness (QED) is 0.643. The van der Waals surface area contributed by atoms with Crippen LogP contribution in [0.5, 0.6) is 0 Å². The monoisotopic (exact) mass is 349 g/mol. The fraction of sp³-hybridized carbons (Fsp3) is 0.500. The predicted octanol–water partition coefficient (Wildman–Crippen LogP) is 1.08. The van der Waals surface area contributed by atoms with E-state index < -0.39 is 0 Å². The average molecular weight is 349 g/mol. The first-order valence-corrected chi connectivity index (χ1v) is 8.56. The molecule has 0 bridgehead atoms. The number of esters is 1. The van der Waals surface area contributed by atoms with E-state index in [1.165, 1.54) is 4.90 Å². The van der Waals surface area contributed by atoms with Crippen LogP contribution in [-0.4, -0.2) is 40.4 Å². The van der Waals surface area contributed by atoms with Gasteiger partial charge in [-0.25, -0.2) is 0 Å². The van der Waals surface area contributed by atoms with Crippen LogP contribution >= 0.6 is 12.2 Å². The van der Waals surface area contributed by atoms with Crippen LogP contribution in [0.15, 0.2) is 28.9 Å². The van der Waals surface area contributed by atoms with Crippen LogP contribution in [0.25, 0.3) is 11.5 Å². The summed E-state index contributed by atoms with van der Waals surface area (Å²) in [4.78, 5) is 17.6. The summed E-state index contributed by atoms with van der Waals surface area (Å²) in [5.41, 5.74) is 0.792. The molecule has 0 saturated carbocycles. The number of carbonyl (C=O) groups is 1. The van der Waals surface area contributed by atoms with Gasteiger partial charge in [-0.2, -0.15) is 4.68 Å². The summed E-state index contributed by atoms with van der Waals surface area (Å²) >= 11 is 5.27. The average Bonchev–Trinajstić information content (AvgIpc) is 2.97. The molecule has 24 heavy (non-hydrogen) atoms. The van der Waals surface area contributed by atoms with Gasteiger partial charge < -0.3 is 14.1 Å². The summed E-state index contributed by atoms with van der Waals surface area (Å²) in [7, 11) is 0. The van der Waals surface area contributed by atoms with E-state index >= 15 is 0 Å². The van der Waals surface area contributed by atoms with Gasteiger partial charge in [-0.3, -0.25) is 9.78 Å². The molecule has 7 nitrogen and oxygen atoms in total. The van der Waals surface area contributed by atoms with E-state index in [2.05, 4.69) is 10.1 Å². The van der Waals surface area contributed by atoms with Crippen LogP contribution in [0.4, 0.5) is 0 Å². The second kappa shape index (κ2) is 7.67. The van der Waals surface area contributed by atoms with Crippen molar-refractivity contribution in [2.75, 3.05) is 19.7 Å². The van der Waals surface area contributed by atoms with Gasteiger partial charge in [0.15, 0.2) is 6.67 Å². The molecule has 1 unspecified atom stereocenters. The van der Waals surface area contributed by atoms with Crippen LogP contribution in [0.2, 0.25) is 0 Å². The Kier molecular flexibility index (Phi) is 5.37. The Bertz CT molecular complexity index is 743. The number of hydrogen-bond donors (Lipinski definition) is 1. The zero-order chi connectivity index (χ0) is 16.9. The molecule has 1 aliphatic rings. The van der Waals surface area contributed by atoms with E-state index in [1.54, 1.807) is 17.1 Å². The van der Waals surface area contributed by atoms with Crippen LogP contribution in [0.1, 0.15) is 19.8 Å². The smallest absolute Gasteiger partial charge is 0.314 e. The molecule has 2 aromatic rings. The zero-order valence-corrected chi connectivity index (χ0v) is 14.4. The van der Waals surface area contributed by atoms with Gasteiger partial charge in [-0.15, -0.1) is 5.10 Å². The van der Waals surface area contributed by atoms with Crippen LogP contribution in [0, 0.1) is 10.8 Å². The number of likely N-dealkylation sites (tertiary alicyclic amines) is 1. The van der Waals surface area contributed by atoms with E-state index in [0.717, 1.165) is 31.5 Å². The molecule has 3 rings (SSSR count). The van der Waals surface area contributed by atoms with Crippen molar-refractivity contribution in [1.82, 2.24) is 14.8 Å². The van der Waals surface area contributed by atoms with Crippen molar-refractivity contribution in [3.8, 4) is 11.5 Å². The Balaban J connectivity index is 1.69. The summed E-state index contributed by atoms with van der Waals surface area (Å²) < 4.78 is 12.4. The van der Waals surface area contributed by atoms with Crippen molar-refractivity contribution in [3.05, 3.63) is 29.4 Å². The van der Waals surface area contributed by atoms with Crippen LogP contribution in [0.3, 0.4) is 0 Å². The Morgan fingerprint density at radius 3 is 3.21 bits per heavy atom. The minimum Gasteiger partial charge on any atom is -0.466 e. The first-order valence-electron chi connectivity index (χ1n) is 8.16. The van der Waals surface area contributed by atoms with E-state index in [9.17, 15) is 4.79 Å². The molecule has 1 aliphatic heterocycles. The summed E-state index contributed by atoms with van der Waals surface area (Å²) in [6, 6.07) is 3.70. The van der Waals surface area contributed by atoms with Crippen molar-refractivity contribution >= 4 is 18.2 Å². The third-order valence-electron chi connectivity index (χ3n) is 4.13. The van der Waals surface area contributed by atoms with Gasteiger partial charge in [0.25, 0.3) is 4.84 Å². The molecule has 128 valence electrons. The second-order valence-corrected chi connectivity index (χ2v) is 6.22. The minimum absolute atomic E-state index is 0.0485. The number of hydrogen-bond acceptors (Lipinski definition) is 6. The van der Waals surface area contributed by atoms with Crippen molar-refractivity contribution in [3.63, 3.8) is 0 Å². The standard InChI is InChI=1S/C16H20N4O3S/c1-2-22-15(21)13-6-4-8-19(10-13)11-20-16(24)23-14(18-20)12-5-3-7-17-9-12/h3,5,7,9,13H,2,4,6,8,10-11H2,1H3/p+1/t13-/m0/s1. The maximum atomic E-state index is 11.9. The summed E-state index contributed by atoms with van der Waals surface area (Å²) in [5, 5.41) is 4.45. The third kappa shape index (κ3) is 3.88. The maximum absolute atomic E-state index is 11.9.